The molecule has 0 bridgehead atoms. The van der Waals surface area contributed by atoms with Crippen LogP contribution in [0.4, 0.5) is 0 Å². The van der Waals surface area contributed by atoms with Gasteiger partial charge in [0.1, 0.15) is 12.4 Å². The summed E-state index contributed by atoms with van der Waals surface area (Å²) in [5.74, 6) is 0.658. The Balaban J connectivity index is 1.61. The number of carbonyl (C=O) groups excluding carboxylic acids is 1. The van der Waals surface area contributed by atoms with E-state index in [2.05, 4.69) is 10.4 Å². The number of rotatable bonds is 7. The quantitative estimate of drug-likeness (QED) is 0.659. The van der Waals surface area contributed by atoms with Crippen molar-refractivity contribution in [3.05, 3.63) is 82.1 Å². The van der Waals surface area contributed by atoms with Crippen LogP contribution in [0, 0.1) is 6.92 Å². The van der Waals surface area contributed by atoms with Crippen molar-refractivity contribution in [1.29, 1.82) is 0 Å². The van der Waals surface area contributed by atoms with Gasteiger partial charge in [0.15, 0.2) is 0 Å². The van der Waals surface area contributed by atoms with Crippen LogP contribution in [0.15, 0.2) is 54.7 Å². The van der Waals surface area contributed by atoms with Crippen molar-refractivity contribution in [3.63, 3.8) is 0 Å². The summed E-state index contributed by atoms with van der Waals surface area (Å²) in [7, 11) is 0. The first-order valence-electron chi connectivity index (χ1n) is 8.83. The Kier molecular flexibility index (Phi) is 6.14. The maximum Gasteiger partial charge on any atom is 0.251 e. The highest BCUT2D eigenvalue weighted by Crippen LogP contribution is 2.22. The van der Waals surface area contributed by atoms with Gasteiger partial charge < -0.3 is 10.1 Å². The van der Waals surface area contributed by atoms with Crippen molar-refractivity contribution in [2.75, 3.05) is 0 Å². The Morgan fingerprint density at radius 3 is 2.85 bits per heavy atom. The average Bonchev–Trinajstić information content (AvgIpc) is 3.13. The fourth-order valence-electron chi connectivity index (χ4n) is 2.81. The Bertz CT molecular complexity index is 937. The molecule has 2 aromatic carbocycles. The fourth-order valence-corrected chi connectivity index (χ4v) is 3.03. The van der Waals surface area contributed by atoms with E-state index in [1.165, 1.54) is 0 Å². The minimum atomic E-state index is -0.122. The molecule has 0 spiro atoms. The number of carbonyl (C=O) groups is 1. The Hall–Kier alpha value is -2.79. The van der Waals surface area contributed by atoms with Crippen molar-refractivity contribution >= 4 is 17.5 Å². The second kappa shape index (κ2) is 8.73. The lowest BCUT2D eigenvalue weighted by molar-refractivity contribution is 0.0949. The van der Waals surface area contributed by atoms with Gasteiger partial charge in [-0.25, -0.2) is 0 Å². The van der Waals surface area contributed by atoms with Gasteiger partial charge in [-0.05, 0) is 61.4 Å². The van der Waals surface area contributed by atoms with Crippen molar-refractivity contribution in [2.24, 2.45) is 0 Å². The summed E-state index contributed by atoms with van der Waals surface area (Å²) in [6, 6.07) is 14.9. The SMILES string of the molecule is CCn1nccc1CNC(=O)c1cccc(COc2ccc(Cl)cc2C)c1. The molecule has 140 valence electrons. The van der Waals surface area contributed by atoms with E-state index in [1.807, 2.05) is 54.9 Å². The number of halogens is 1. The zero-order chi connectivity index (χ0) is 19.2. The van der Waals surface area contributed by atoms with Crippen LogP contribution in [0.5, 0.6) is 5.75 Å². The summed E-state index contributed by atoms with van der Waals surface area (Å²) in [6.45, 7) is 5.56. The monoisotopic (exact) mass is 383 g/mol. The first-order valence-corrected chi connectivity index (χ1v) is 9.21. The van der Waals surface area contributed by atoms with Crippen LogP contribution in [-0.2, 0) is 19.7 Å². The van der Waals surface area contributed by atoms with Gasteiger partial charge in [-0.15, -0.1) is 0 Å². The molecule has 1 aromatic heterocycles. The highest BCUT2D eigenvalue weighted by Gasteiger charge is 2.09. The standard InChI is InChI=1S/C21H22ClN3O2/c1-3-25-19(9-10-24-25)13-23-21(26)17-6-4-5-16(12-17)14-27-20-8-7-18(22)11-15(20)2/h4-12H,3,13-14H2,1-2H3,(H,23,26). The highest BCUT2D eigenvalue weighted by atomic mass is 35.5. The molecule has 3 aromatic rings. The molecular weight excluding hydrogens is 362 g/mol. The first kappa shape index (κ1) is 19.0. The highest BCUT2D eigenvalue weighted by molar-refractivity contribution is 6.30. The predicted octanol–water partition coefficient (Wildman–Crippen LogP) is 4.37. The van der Waals surface area contributed by atoms with Gasteiger partial charge in [-0.3, -0.25) is 9.48 Å². The number of hydrogen-bond donors (Lipinski definition) is 1. The van der Waals surface area contributed by atoms with Gasteiger partial charge in [0, 0.05) is 23.3 Å². The number of benzene rings is 2. The molecule has 0 fully saturated rings. The topological polar surface area (TPSA) is 56.2 Å². The Labute approximate surface area is 163 Å². The van der Waals surface area contributed by atoms with Gasteiger partial charge in [0.25, 0.3) is 5.91 Å². The summed E-state index contributed by atoms with van der Waals surface area (Å²) in [5.41, 5.74) is 3.48. The van der Waals surface area contributed by atoms with Crippen molar-refractivity contribution < 1.29 is 9.53 Å². The molecule has 3 rings (SSSR count). The molecule has 0 aliphatic heterocycles. The molecule has 0 radical (unpaired) electrons. The Morgan fingerprint density at radius 2 is 2.07 bits per heavy atom. The van der Waals surface area contributed by atoms with E-state index in [0.29, 0.717) is 23.7 Å². The van der Waals surface area contributed by atoms with Crippen molar-refractivity contribution in [3.8, 4) is 5.75 Å². The molecule has 0 atom stereocenters. The van der Waals surface area contributed by atoms with Crippen LogP contribution in [0.2, 0.25) is 5.02 Å². The Morgan fingerprint density at radius 1 is 1.22 bits per heavy atom. The number of amides is 1. The number of aromatic nitrogens is 2. The number of hydrogen-bond acceptors (Lipinski definition) is 3. The normalized spacial score (nSPS) is 10.6. The lowest BCUT2D eigenvalue weighted by Crippen LogP contribution is -2.24. The van der Waals surface area contributed by atoms with E-state index in [9.17, 15) is 4.79 Å². The van der Waals surface area contributed by atoms with Crippen LogP contribution in [0.25, 0.3) is 0 Å². The van der Waals surface area contributed by atoms with Gasteiger partial charge in [0.2, 0.25) is 0 Å². The molecule has 0 saturated carbocycles. The summed E-state index contributed by atoms with van der Waals surface area (Å²) in [5, 5.41) is 7.83. The summed E-state index contributed by atoms with van der Waals surface area (Å²) in [6.07, 6.45) is 1.74. The molecule has 0 saturated heterocycles. The van der Waals surface area contributed by atoms with E-state index >= 15 is 0 Å². The maximum absolute atomic E-state index is 12.5. The third-order valence-electron chi connectivity index (χ3n) is 4.25. The largest absolute Gasteiger partial charge is 0.489 e. The second-order valence-corrected chi connectivity index (χ2v) is 6.66. The van der Waals surface area contributed by atoms with E-state index in [-0.39, 0.29) is 5.91 Å². The summed E-state index contributed by atoms with van der Waals surface area (Å²) >= 11 is 5.97. The van der Waals surface area contributed by atoms with E-state index in [1.54, 1.807) is 18.3 Å². The van der Waals surface area contributed by atoms with E-state index in [0.717, 1.165) is 29.1 Å². The van der Waals surface area contributed by atoms with Crippen LogP contribution >= 0.6 is 11.6 Å². The van der Waals surface area contributed by atoms with Gasteiger partial charge >= 0.3 is 0 Å². The zero-order valence-corrected chi connectivity index (χ0v) is 16.2. The molecule has 6 heteroatoms. The molecule has 1 heterocycles. The molecule has 1 N–H and O–H groups in total. The fraction of sp³-hybridized carbons (Fsp3) is 0.238. The van der Waals surface area contributed by atoms with Crippen molar-refractivity contribution in [1.82, 2.24) is 15.1 Å². The molecule has 0 aliphatic carbocycles. The molecule has 0 unspecified atom stereocenters. The van der Waals surface area contributed by atoms with Gasteiger partial charge in [-0.1, -0.05) is 23.7 Å². The third kappa shape index (κ3) is 4.89. The van der Waals surface area contributed by atoms with Gasteiger partial charge in [-0.2, -0.15) is 5.10 Å². The number of nitrogens with one attached hydrogen (secondary N) is 1. The zero-order valence-electron chi connectivity index (χ0n) is 15.4. The summed E-state index contributed by atoms with van der Waals surface area (Å²) in [4.78, 5) is 12.5. The van der Waals surface area contributed by atoms with Crippen LogP contribution in [0.1, 0.15) is 34.1 Å². The number of ether oxygens (including phenoxy) is 1. The smallest absolute Gasteiger partial charge is 0.251 e. The van der Waals surface area contributed by atoms with E-state index < -0.39 is 0 Å². The third-order valence-corrected chi connectivity index (χ3v) is 4.49. The van der Waals surface area contributed by atoms with Crippen molar-refractivity contribution in [2.45, 2.75) is 33.5 Å². The molecule has 1 amide bonds. The number of aryl methyl sites for hydroxylation is 2. The lowest BCUT2D eigenvalue weighted by atomic mass is 10.1. The minimum Gasteiger partial charge on any atom is -0.489 e. The average molecular weight is 384 g/mol. The predicted molar refractivity (Wildman–Crippen MR) is 106 cm³/mol. The maximum atomic E-state index is 12.5. The molecule has 0 aliphatic rings. The molecule has 27 heavy (non-hydrogen) atoms. The van der Waals surface area contributed by atoms with E-state index in [4.69, 9.17) is 16.3 Å². The van der Waals surface area contributed by atoms with Crippen LogP contribution < -0.4 is 10.1 Å². The second-order valence-electron chi connectivity index (χ2n) is 6.22. The molecular formula is C21H22ClN3O2. The minimum absolute atomic E-state index is 0.122. The summed E-state index contributed by atoms with van der Waals surface area (Å²) < 4.78 is 7.72. The lowest BCUT2D eigenvalue weighted by Gasteiger charge is -2.11. The van der Waals surface area contributed by atoms with Crippen LogP contribution in [-0.4, -0.2) is 15.7 Å². The van der Waals surface area contributed by atoms with Crippen LogP contribution in [0.3, 0.4) is 0 Å². The van der Waals surface area contributed by atoms with Gasteiger partial charge in [0.05, 0.1) is 12.2 Å². The number of nitrogens with zero attached hydrogens (tertiary/aromatic N) is 2. The molecule has 5 nitrogen and oxygen atoms in total. The first-order chi connectivity index (χ1) is 13.1.